The number of hydrogen-bond acceptors (Lipinski definition) is 5. The van der Waals surface area contributed by atoms with Crippen molar-refractivity contribution < 1.29 is 23.9 Å². The molecule has 1 N–H and O–H groups in total. The quantitative estimate of drug-likeness (QED) is 0.458. The maximum Gasteiger partial charge on any atom is 0.338 e. The van der Waals surface area contributed by atoms with Crippen LogP contribution in [0.4, 0.5) is 0 Å². The van der Waals surface area contributed by atoms with Crippen molar-refractivity contribution in [3.63, 3.8) is 0 Å². The lowest BCUT2D eigenvalue weighted by molar-refractivity contribution is -0.131. The molecule has 0 aliphatic heterocycles. The summed E-state index contributed by atoms with van der Waals surface area (Å²) < 4.78 is 10.1. The van der Waals surface area contributed by atoms with Gasteiger partial charge in [-0.3, -0.25) is 9.59 Å². The molecule has 0 unspecified atom stereocenters. The number of benzene rings is 3. The molecule has 31 heavy (non-hydrogen) atoms. The van der Waals surface area contributed by atoms with Gasteiger partial charge < -0.3 is 14.8 Å². The van der Waals surface area contributed by atoms with Gasteiger partial charge in [-0.2, -0.15) is 0 Å². The molecule has 0 aliphatic rings. The molecule has 0 spiro atoms. The summed E-state index contributed by atoms with van der Waals surface area (Å²) >= 11 is 0. The first-order valence-corrected chi connectivity index (χ1v) is 9.83. The number of nitrogens with one attached hydrogen (secondary N) is 1. The number of rotatable bonds is 7. The minimum absolute atomic E-state index is 0.182. The van der Waals surface area contributed by atoms with Crippen molar-refractivity contribution in [2.75, 3.05) is 6.61 Å². The average molecular weight is 417 g/mol. The van der Waals surface area contributed by atoms with E-state index in [0.717, 1.165) is 16.7 Å². The monoisotopic (exact) mass is 417 g/mol. The second kappa shape index (κ2) is 10.2. The fourth-order valence-corrected chi connectivity index (χ4v) is 3.00. The second-order valence-corrected chi connectivity index (χ2v) is 6.97. The van der Waals surface area contributed by atoms with Crippen molar-refractivity contribution in [3.05, 3.63) is 90.0 Å². The Morgan fingerprint density at radius 3 is 2.00 bits per heavy atom. The van der Waals surface area contributed by atoms with Crippen LogP contribution in [-0.4, -0.2) is 24.5 Å². The first-order valence-electron chi connectivity index (χ1n) is 9.83. The molecule has 0 aromatic heterocycles. The average Bonchev–Trinajstić information content (AvgIpc) is 2.78. The first kappa shape index (κ1) is 21.8. The van der Waals surface area contributed by atoms with Crippen LogP contribution >= 0.6 is 0 Å². The van der Waals surface area contributed by atoms with Gasteiger partial charge in [0.15, 0.2) is 6.61 Å². The predicted octanol–water partition coefficient (Wildman–Crippen LogP) is 4.31. The summed E-state index contributed by atoms with van der Waals surface area (Å²) in [6, 6.07) is 23.3. The number of esters is 2. The van der Waals surface area contributed by atoms with E-state index in [1.165, 1.54) is 6.92 Å². The molecular formula is C25H23NO5. The third-order valence-corrected chi connectivity index (χ3v) is 4.58. The standard InChI is InChI=1S/C25H23NO5/c1-17(19-6-4-3-5-7-19)26-24(28)16-30-25(29)22-10-8-20(9-11-22)21-12-14-23(15-13-21)31-18(2)27/h3-15,17H,16H2,1-2H3,(H,26,28)/t17-/m1/s1. The Labute approximate surface area is 180 Å². The second-order valence-electron chi connectivity index (χ2n) is 6.97. The highest BCUT2D eigenvalue weighted by Crippen LogP contribution is 2.23. The maximum atomic E-state index is 12.2. The third-order valence-electron chi connectivity index (χ3n) is 4.58. The molecule has 6 heteroatoms. The van der Waals surface area contributed by atoms with Crippen molar-refractivity contribution in [2.45, 2.75) is 19.9 Å². The van der Waals surface area contributed by atoms with Gasteiger partial charge in [0.25, 0.3) is 5.91 Å². The molecule has 0 radical (unpaired) electrons. The van der Waals surface area contributed by atoms with E-state index in [2.05, 4.69) is 5.32 Å². The number of amides is 1. The van der Waals surface area contributed by atoms with Crippen molar-refractivity contribution in [3.8, 4) is 16.9 Å². The van der Waals surface area contributed by atoms with Crippen LogP contribution in [0.3, 0.4) is 0 Å². The van der Waals surface area contributed by atoms with Crippen LogP contribution in [0.25, 0.3) is 11.1 Å². The van der Waals surface area contributed by atoms with E-state index in [9.17, 15) is 14.4 Å². The highest BCUT2D eigenvalue weighted by atomic mass is 16.5. The zero-order valence-corrected chi connectivity index (χ0v) is 17.3. The Morgan fingerprint density at radius 2 is 1.42 bits per heavy atom. The zero-order valence-electron chi connectivity index (χ0n) is 17.3. The lowest BCUT2D eigenvalue weighted by Gasteiger charge is -2.14. The maximum absolute atomic E-state index is 12.2. The van der Waals surface area contributed by atoms with Crippen LogP contribution in [0.15, 0.2) is 78.9 Å². The molecule has 3 aromatic carbocycles. The SMILES string of the molecule is CC(=O)Oc1ccc(-c2ccc(C(=O)OCC(=O)N[C@H](C)c3ccccc3)cc2)cc1. The molecule has 3 aromatic rings. The van der Waals surface area contributed by atoms with Crippen molar-refractivity contribution in [2.24, 2.45) is 0 Å². The molecular weight excluding hydrogens is 394 g/mol. The predicted molar refractivity (Wildman–Crippen MR) is 116 cm³/mol. The van der Waals surface area contributed by atoms with Gasteiger partial charge in [-0.25, -0.2) is 4.79 Å². The van der Waals surface area contributed by atoms with E-state index >= 15 is 0 Å². The molecule has 0 saturated heterocycles. The Balaban J connectivity index is 1.53. The van der Waals surface area contributed by atoms with Crippen LogP contribution < -0.4 is 10.1 Å². The van der Waals surface area contributed by atoms with Crippen molar-refractivity contribution in [1.29, 1.82) is 0 Å². The summed E-state index contributed by atoms with van der Waals surface area (Å²) in [4.78, 5) is 35.3. The molecule has 0 fully saturated rings. The molecule has 0 heterocycles. The molecule has 6 nitrogen and oxygen atoms in total. The van der Waals surface area contributed by atoms with Crippen LogP contribution in [0, 0.1) is 0 Å². The minimum Gasteiger partial charge on any atom is -0.452 e. The van der Waals surface area contributed by atoms with Gasteiger partial charge in [0.05, 0.1) is 11.6 Å². The summed E-state index contributed by atoms with van der Waals surface area (Å²) in [5, 5.41) is 2.80. The number of carbonyl (C=O) groups is 3. The Hall–Kier alpha value is -3.93. The van der Waals surface area contributed by atoms with E-state index in [0.29, 0.717) is 11.3 Å². The Bertz CT molecular complexity index is 1040. The fraction of sp³-hybridized carbons (Fsp3) is 0.160. The first-order chi connectivity index (χ1) is 14.9. The lowest BCUT2D eigenvalue weighted by atomic mass is 10.0. The molecule has 0 aliphatic carbocycles. The number of carbonyl (C=O) groups excluding carboxylic acids is 3. The van der Waals surface area contributed by atoms with Gasteiger partial charge in [0.2, 0.25) is 0 Å². The highest BCUT2D eigenvalue weighted by molar-refractivity contribution is 5.92. The minimum atomic E-state index is -0.570. The van der Waals surface area contributed by atoms with E-state index in [1.807, 2.05) is 49.4 Å². The van der Waals surface area contributed by atoms with Crippen molar-refractivity contribution >= 4 is 17.8 Å². The number of hydrogen-bond donors (Lipinski definition) is 1. The summed E-state index contributed by atoms with van der Waals surface area (Å²) in [5.74, 6) is -0.844. The molecule has 3 rings (SSSR count). The summed E-state index contributed by atoms with van der Waals surface area (Å²) in [6.07, 6.45) is 0. The zero-order chi connectivity index (χ0) is 22.2. The summed E-state index contributed by atoms with van der Waals surface area (Å²) in [7, 11) is 0. The molecule has 0 saturated carbocycles. The van der Waals surface area contributed by atoms with Gasteiger partial charge in [0.1, 0.15) is 5.75 Å². The lowest BCUT2D eigenvalue weighted by Crippen LogP contribution is -2.31. The highest BCUT2D eigenvalue weighted by Gasteiger charge is 2.13. The van der Waals surface area contributed by atoms with E-state index in [-0.39, 0.29) is 24.5 Å². The van der Waals surface area contributed by atoms with Gasteiger partial charge in [-0.15, -0.1) is 0 Å². The molecule has 1 atom stereocenters. The molecule has 0 bridgehead atoms. The molecule has 158 valence electrons. The van der Waals surface area contributed by atoms with Crippen LogP contribution in [0.2, 0.25) is 0 Å². The normalized spacial score (nSPS) is 11.3. The van der Waals surface area contributed by atoms with Crippen LogP contribution in [0.1, 0.15) is 35.8 Å². The number of ether oxygens (including phenoxy) is 2. The van der Waals surface area contributed by atoms with Gasteiger partial charge in [-0.05, 0) is 47.9 Å². The van der Waals surface area contributed by atoms with Gasteiger partial charge in [0, 0.05) is 6.92 Å². The van der Waals surface area contributed by atoms with Gasteiger partial charge in [-0.1, -0.05) is 54.6 Å². The van der Waals surface area contributed by atoms with E-state index < -0.39 is 5.97 Å². The Kier molecular flexibility index (Phi) is 7.17. The summed E-state index contributed by atoms with van der Waals surface area (Å²) in [6.45, 7) is 2.86. The van der Waals surface area contributed by atoms with Crippen LogP contribution in [0.5, 0.6) is 5.75 Å². The van der Waals surface area contributed by atoms with E-state index in [4.69, 9.17) is 9.47 Å². The fourth-order valence-electron chi connectivity index (χ4n) is 3.00. The smallest absolute Gasteiger partial charge is 0.338 e. The Morgan fingerprint density at radius 1 is 0.839 bits per heavy atom. The van der Waals surface area contributed by atoms with Crippen molar-refractivity contribution in [1.82, 2.24) is 5.32 Å². The topological polar surface area (TPSA) is 81.7 Å². The van der Waals surface area contributed by atoms with Crippen LogP contribution in [-0.2, 0) is 14.3 Å². The van der Waals surface area contributed by atoms with Gasteiger partial charge >= 0.3 is 11.9 Å². The molecule has 1 amide bonds. The largest absolute Gasteiger partial charge is 0.452 e. The summed E-state index contributed by atoms with van der Waals surface area (Å²) in [5.41, 5.74) is 3.12. The van der Waals surface area contributed by atoms with E-state index in [1.54, 1.807) is 36.4 Å². The third kappa shape index (κ3) is 6.27.